The van der Waals surface area contributed by atoms with Gasteiger partial charge in [0.05, 0.1) is 0 Å². The summed E-state index contributed by atoms with van der Waals surface area (Å²) in [5.41, 5.74) is 1.20. The Kier molecular flexibility index (Phi) is 3.10. The van der Waals surface area contributed by atoms with Crippen LogP contribution < -0.4 is 4.35 Å². The Balaban J connectivity index is 3.03. The first-order valence-electron chi connectivity index (χ1n) is 2.89. The average molecular weight is 237 g/mol. The molecule has 0 spiro atoms. The molecular weight excluding hydrogens is 230 g/mol. The van der Waals surface area contributed by atoms with E-state index < -0.39 is 12.8 Å². The summed E-state index contributed by atoms with van der Waals surface area (Å²) in [5.74, 6) is 0. The van der Waals surface area contributed by atoms with Crippen LogP contribution in [0.15, 0.2) is 24.3 Å². The molecule has 0 aliphatic heterocycles. The molecule has 0 bridgehead atoms. The fourth-order valence-corrected chi connectivity index (χ4v) is 3.86. The van der Waals surface area contributed by atoms with Gasteiger partial charge in [-0.25, -0.2) is 0 Å². The zero-order valence-corrected chi connectivity index (χ0v) is 8.90. The van der Waals surface area contributed by atoms with Gasteiger partial charge in [0.1, 0.15) is 0 Å². The summed E-state index contributed by atoms with van der Waals surface area (Å²) in [7, 11) is 11.6. The summed E-state index contributed by atoms with van der Waals surface area (Å²) >= 11 is -1.68. The Hall–Kier alpha value is 0.358. The van der Waals surface area contributed by atoms with Crippen LogP contribution in [0.3, 0.4) is 0 Å². The molecule has 0 amide bonds. The number of rotatable bonds is 1. The van der Waals surface area contributed by atoms with Gasteiger partial charge in [0.2, 0.25) is 0 Å². The SMILES string of the molecule is Cc1ccccc1[As](Cl)Cl. The van der Waals surface area contributed by atoms with E-state index in [2.05, 4.69) is 0 Å². The monoisotopic (exact) mass is 236 g/mol. The second-order valence-electron chi connectivity index (χ2n) is 2.02. The summed E-state index contributed by atoms with van der Waals surface area (Å²) in [6.45, 7) is 2.03. The van der Waals surface area contributed by atoms with Gasteiger partial charge in [0.15, 0.2) is 0 Å². The van der Waals surface area contributed by atoms with E-state index in [1.807, 2.05) is 31.2 Å². The van der Waals surface area contributed by atoms with Gasteiger partial charge in [0, 0.05) is 0 Å². The zero-order valence-electron chi connectivity index (χ0n) is 5.51. The number of aryl methyl sites for hydroxylation is 1. The normalized spacial score (nSPS) is 10.4. The molecular formula is C7H7AsCl2. The first kappa shape index (κ1) is 8.45. The molecule has 0 nitrogen and oxygen atoms in total. The second-order valence-corrected chi connectivity index (χ2v) is 8.42. The predicted molar refractivity (Wildman–Crippen MR) is 48.3 cm³/mol. The van der Waals surface area contributed by atoms with Gasteiger partial charge in [-0.1, -0.05) is 0 Å². The molecule has 0 atom stereocenters. The van der Waals surface area contributed by atoms with Crippen molar-refractivity contribution in [3.05, 3.63) is 29.8 Å². The quantitative estimate of drug-likeness (QED) is 0.656. The topological polar surface area (TPSA) is 0 Å². The van der Waals surface area contributed by atoms with Gasteiger partial charge in [-0.05, 0) is 0 Å². The van der Waals surface area contributed by atoms with Gasteiger partial charge in [-0.15, -0.1) is 0 Å². The number of benzene rings is 1. The fraction of sp³-hybridized carbons (Fsp3) is 0.143. The Labute approximate surface area is 73.7 Å². The van der Waals surface area contributed by atoms with E-state index in [0.29, 0.717) is 0 Å². The molecule has 0 aliphatic rings. The minimum absolute atomic E-state index is 1.14. The van der Waals surface area contributed by atoms with Crippen molar-refractivity contribution < 1.29 is 0 Å². The number of hydrogen-bond donors (Lipinski definition) is 0. The second kappa shape index (κ2) is 3.66. The van der Waals surface area contributed by atoms with Crippen LogP contribution in [0.25, 0.3) is 0 Å². The fourth-order valence-electron chi connectivity index (χ4n) is 0.753. The van der Waals surface area contributed by atoms with Crippen LogP contribution in [0.4, 0.5) is 0 Å². The Morgan fingerprint density at radius 3 is 2.20 bits per heavy atom. The van der Waals surface area contributed by atoms with Crippen molar-refractivity contribution in [2.45, 2.75) is 6.92 Å². The van der Waals surface area contributed by atoms with Gasteiger partial charge < -0.3 is 0 Å². The Bertz CT molecular complexity index is 223. The molecule has 0 saturated heterocycles. The van der Waals surface area contributed by atoms with Gasteiger partial charge in [0.25, 0.3) is 0 Å². The van der Waals surface area contributed by atoms with E-state index in [-0.39, 0.29) is 0 Å². The van der Waals surface area contributed by atoms with Crippen LogP contribution in [-0.4, -0.2) is 12.8 Å². The van der Waals surface area contributed by atoms with Crippen molar-refractivity contribution in [2.75, 3.05) is 0 Å². The minimum atomic E-state index is -1.68. The maximum absolute atomic E-state index is 5.82. The van der Waals surface area contributed by atoms with E-state index in [9.17, 15) is 0 Å². The third-order valence-electron chi connectivity index (χ3n) is 1.30. The molecule has 0 aromatic heterocycles. The standard InChI is InChI=1S/C7H7AsCl2/c1-6-4-2-3-5-7(6)8(9)10/h2-5H,1H3. The first-order chi connectivity index (χ1) is 4.72. The first-order valence-corrected chi connectivity index (χ1v) is 8.76. The molecule has 0 radical (unpaired) electrons. The van der Waals surface area contributed by atoms with Gasteiger partial charge in [-0.3, -0.25) is 0 Å². The molecule has 3 heteroatoms. The van der Waals surface area contributed by atoms with Crippen LogP contribution in [0.1, 0.15) is 5.56 Å². The molecule has 1 aromatic rings. The van der Waals surface area contributed by atoms with Crippen LogP contribution in [0, 0.1) is 6.92 Å². The van der Waals surface area contributed by atoms with Crippen LogP contribution in [-0.2, 0) is 0 Å². The van der Waals surface area contributed by atoms with Gasteiger partial charge >= 0.3 is 73.8 Å². The van der Waals surface area contributed by atoms with Crippen LogP contribution >= 0.6 is 19.9 Å². The van der Waals surface area contributed by atoms with Crippen molar-refractivity contribution in [3.8, 4) is 0 Å². The summed E-state index contributed by atoms with van der Waals surface area (Å²) in [6, 6.07) is 7.98. The third-order valence-corrected chi connectivity index (χ3v) is 5.01. The van der Waals surface area contributed by atoms with Crippen molar-refractivity contribution in [1.29, 1.82) is 0 Å². The van der Waals surface area contributed by atoms with E-state index in [1.54, 1.807) is 0 Å². The average Bonchev–Trinajstić information content (AvgIpc) is 1.88. The van der Waals surface area contributed by atoms with Crippen molar-refractivity contribution >= 4 is 37.0 Å². The molecule has 1 aromatic carbocycles. The Morgan fingerprint density at radius 2 is 1.80 bits per heavy atom. The molecule has 54 valence electrons. The van der Waals surface area contributed by atoms with Crippen molar-refractivity contribution in [2.24, 2.45) is 0 Å². The molecule has 0 unspecified atom stereocenters. The molecule has 0 fully saturated rings. The van der Waals surface area contributed by atoms with E-state index in [0.717, 1.165) is 4.35 Å². The predicted octanol–water partition coefficient (Wildman–Crippen LogP) is 2.17. The van der Waals surface area contributed by atoms with Crippen molar-refractivity contribution in [3.63, 3.8) is 0 Å². The molecule has 10 heavy (non-hydrogen) atoms. The number of hydrogen-bond acceptors (Lipinski definition) is 0. The Morgan fingerprint density at radius 1 is 1.20 bits per heavy atom. The zero-order chi connectivity index (χ0) is 7.56. The summed E-state index contributed by atoms with van der Waals surface area (Å²) in [4.78, 5) is 0. The van der Waals surface area contributed by atoms with Crippen LogP contribution in [0.5, 0.6) is 0 Å². The molecule has 1 rings (SSSR count). The van der Waals surface area contributed by atoms with Gasteiger partial charge in [-0.2, -0.15) is 0 Å². The summed E-state index contributed by atoms with van der Waals surface area (Å²) in [6.07, 6.45) is 0. The van der Waals surface area contributed by atoms with E-state index in [4.69, 9.17) is 19.9 Å². The number of halogens is 2. The maximum atomic E-state index is 5.82. The van der Waals surface area contributed by atoms with E-state index >= 15 is 0 Å². The van der Waals surface area contributed by atoms with E-state index in [1.165, 1.54) is 5.56 Å². The third kappa shape index (κ3) is 1.92. The summed E-state index contributed by atoms with van der Waals surface area (Å²) < 4.78 is 1.14. The summed E-state index contributed by atoms with van der Waals surface area (Å²) in [5, 5.41) is 0. The molecule has 0 aliphatic carbocycles. The molecule has 0 saturated carbocycles. The molecule has 0 heterocycles. The van der Waals surface area contributed by atoms with Crippen molar-refractivity contribution in [1.82, 2.24) is 0 Å². The molecule has 0 N–H and O–H groups in total. The van der Waals surface area contributed by atoms with Crippen LogP contribution in [0.2, 0.25) is 0 Å².